The van der Waals surface area contributed by atoms with Crippen LogP contribution in [0.15, 0.2) is 18.2 Å². The first-order chi connectivity index (χ1) is 8.84. The van der Waals surface area contributed by atoms with Gasteiger partial charge in [-0.1, -0.05) is 19.9 Å². The summed E-state index contributed by atoms with van der Waals surface area (Å²) in [7, 11) is 0. The van der Waals surface area contributed by atoms with Gasteiger partial charge in [-0.25, -0.2) is 0 Å². The van der Waals surface area contributed by atoms with Gasteiger partial charge in [0, 0.05) is 5.92 Å². The molecular weight excluding hydrogens is 254 g/mol. The summed E-state index contributed by atoms with van der Waals surface area (Å²) in [5.41, 5.74) is 0.232. The summed E-state index contributed by atoms with van der Waals surface area (Å²) in [6, 6.07) is 4.62. The van der Waals surface area contributed by atoms with Crippen molar-refractivity contribution < 1.29 is 23.0 Å². The number of Topliss-reactive ketones (excluding diaryl/α,β-unsaturated/α-hetero) is 1. The second-order valence-electron chi connectivity index (χ2n) is 5.43. The third-order valence-corrected chi connectivity index (χ3v) is 3.70. The van der Waals surface area contributed by atoms with E-state index in [1.165, 1.54) is 12.1 Å². The Bertz CT molecular complexity index is 548. The summed E-state index contributed by atoms with van der Waals surface area (Å²) in [4.78, 5) is 12.2. The molecule has 1 aromatic rings. The van der Waals surface area contributed by atoms with Gasteiger partial charge >= 0.3 is 6.29 Å². The summed E-state index contributed by atoms with van der Waals surface area (Å²) in [5, 5.41) is 0. The van der Waals surface area contributed by atoms with Crippen molar-refractivity contribution in [1.82, 2.24) is 0 Å². The van der Waals surface area contributed by atoms with Crippen molar-refractivity contribution in [2.24, 2.45) is 5.92 Å². The van der Waals surface area contributed by atoms with Crippen molar-refractivity contribution >= 4 is 5.78 Å². The fourth-order valence-corrected chi connectivity index (χ4v) is 2.60. The van der Waals surface area contributed by atoms with E-state index in [2.05, 4.69) is 9.47 Å². The highest BCUT2D eigenvalue weighted by atomic mass is 19.3. The number of hydrogen-bond acceptors (Lipinski definition) is 3. The van der Waals surface area contributed by atoms with Gasteiger partial charge in [-0.05, 0) is 30.5 Å². The molecule has 0 aromatic heterocycles. The van der Waals surface area contributed by atoms with Crippen LogP contribution in [-0.4, -0.2) is 12.1 Å². The standard InChI is InChI=1S/C14H14F2O3/c1-8(2)12(17)13(5-6-13)9-3-4-10-11(7-9)19-14(15,16)18-10/h3-4,7-8H,5-6H2,1-2H3. The Hall–Kier alpha value is -1.65. The second kappa shape index (κ2) is 3.68. The van der Waals surface area contributed by atoms with E-state index in [-0.39, 0.29) is 23.2 Å². The maximum absolute atomic E-state index is 13.0. The van der Waals surface area contributed by atoms with Crippen LogP contribution in [0.2, 0.25) is 0 Å². The zero-order valence-corrected chi connectivity index (χ0v) is 10.7. The summed E-state index contributed by atoms with van der Waals surface area (Å²) < 4.78 is 34.7. The minimum absolute atomic E-state index is 0.00494. The van der Waals surface area contributed by atoms with Gasteiger partial charge in [0.05, 0.1) is 5.41 Å². The van der Waals surface area contributed by atoms with Gasteiger partial charge in [0.2, 0.25) is 0 Å². The molecule has 0 bridgehead atoms. The fourth-order valence-electron chi connectivity index (χ4n) is 2.60. The van der Waals surface area contributed by atoms with Crippen molar-refractivity contribution in [2.45, 2.75) is 38.4 Å². The van der Waals surface area contributed by atoms with E-state index in [9.17, 15) is 13.6 Å². The largest absolute Gasteiger partial charge is 0.586 e. The first-order valence-corrected chi connectivity index (χ1v) is 6.29. The van der Waals surface area contributed by atoms with Crippen LogP contribution in [0.1, 0.15) is 32.3 Å². The van der Waals surface area contributed by atoms with Crippen LogP contribution in [0.3, 0.4) is 0 Å². The maximum atomic E-state index is 13.0. The van der Waals surface area contributed by atoms with Crippen molar-refractivity contribution in [3.63, 3.8) is 0 Å². The number of hydrogen-bond donors (Lipinski definition) is 0. The molecule has 0 amide bonds. The van der Waals surface area contributed by atoms with E-state index >= 15 is 0 Å². The molecule has 1 heterocycles. The number of ketones is 1. The van der Waals surface area contributed by atoms with Gasteiger partial charge < -0.3 is 9.47 Å². The highest BCUT2D eigenvalue weighted by Gasteiger charge is 2.52. The van der Waals surface area contributed by atoms with E-state index in [0.29, 0.717) is 0 Å². The Kier molecular flexibility index (Phi) is 2.40. The van der Waals surface area contributed by atoms with Gasteiger partial charge in [-0.15, -0.1) is 8.78 Å². The van der Waals surface area contributed by atoms with Crippen LogP contribution < -0.4 is 9.47 Å². The lowest BCUT2D eigenvalue weighted by Crippen LogP contribution is -2.26. The van der Waals surface area contributed by atoms with Gasteiger partial charge in [-0.3, -0.25) is 4.79 Å². The number of rotatable bonds is 3. The Morgan fingerprint density at radius 2 is 1.84 bits per heavy atom. The topological polar surface area (TPSA) is 35.5 Å². The minimum Gasteiger partial charge on any atom is -0.395 e. The number of benzene rings is 1. The predicted octanol–water partition coefficient (Wildman–Crippen LogP) is 3.26. The molecule has 1 saturated carbocycles. The van der Waals surface area contributed by atoms with Crippen molar-refractivity contribution in [3.8, 4) is 11.5 Å². The van der Waals surface area contributed by atoms with Crippen LogP contribution in [0.4, 0.5) is 8.78 Å². The molecule has 102 valence electrons. The highest BCUT2D eigenvalue weighted by Crippen LogP contribution is 2.53. The molecule has 0 saturated heterocycles. The van der Waals surface area contributed by atoms with Gasteiger partial charge in [0.1, 0.15) is 5.78 Å². The summed E-state index contributed by atoms with van der Waals surface area (Å²) >= 11 is 0. The lowest BCUT2D eigenvalue weighted by Gasteiger charge is -2.17. The van der Waals surface area contributed by atoms with E-state index in [1.54, 1.807) is 6.07 Å². The third kappa shape index (κ3) is 1.88. The second-order valence-corrected chi connectivity index (χ2v) is 5.43. The zero-order chi connectivity index (χ0) is 13.8. The first-order valence-electron chi connectivity index (χ1n) is 6.29. The molecule has 0 spiro atoms. The molecule has 1 fully saturated rings. The average Bonchev–Trinajstić information content (AvgIpc) is 3.05. The molecule has 2 aliphatic rings. The van der Waals surface area contributed by atoms with Crippen LogP contribution in [0.25, 0.3) is 0 Å². The van der Waals surface area contributed by atoms with E-state index in [4.69, 9.17) is 0 Å². The Morgan fingerprint density at radius 1 is 1.21 bits per heavy atom. The van der Waals surface area contributed by atoms with Gasteiger partial charge in [0.15, 0.2) is 11.5 Å². The smallest absolute Gasteiger partial charge is 0.395 e. The molecule has 0 unspecified atom stereocenters. The molecule has 3 rings (SSSR count). The van der Waals surface area contributed by atoms with Gasteiger partial charge in [-0.2, -0.15) is 0 Å². The van der Waals surface area contributed by atoms with Crippen molar-refractivity contribution in [3.05, 3.63) is 23.8 Å². The predicted molar refractivity (Wildman–Crippen MR) is 63.4 cm³/mol. The quantitative estimate of drug-likeness (QED) is 0.844. The van der Waals surface area contributed by atoms with E-state index in [1.807, 2.05) is 13.8 Å². The molecule has 1 aromatic carbocycles. The van der Waals surface area contributed by atoms with Crippen LogP contribution in [0.5, 0.6) is 11.5 Å². The summed E-state index contributed by atoms with van der Waals surface area (Å²) in [5.74, 6) is 0.0966. The molecule has 0 atom stereocenters. The summed E-state index contributed by atoms with van der Waals surface area (Å²) in [6.45, 7) is 3.70. The maximum Gasteiger partial charge on any atom is 0.586 e. The SMILES string of the molecule is CC(C)C(=O)C1(c2ccc3c(c2)OC(F)(F)O3)CC1. The number of alkyl halides is 2. The Labute approximate surface area is 109 Å². The molecular formula is C14H14F2O3. The number of fused-ring (bicyclic) bond motifs is 1. The summed E-state index contributed by atoms with van der Waals surface area (Å²) in [6.07, 6.45) is -2.08. The number of carbonyl (C=O) groups excluding carboxylic acids is 1. The molecule has 19 heavy (non-hydrogen) atoms. The molecule has 5 heteroatoms. The molecule has 0 N–H and O–H groups in total. The molecule has 3 nitrogen and oxygen atoms in total. The number of ether oxygens (including phenoxy) is 2. The third-order valence-electron chi connectivity index (χ3n) is 3.70. The van der Waals surface area contributed by atoms with Crippen molar-refractivity contribution in [1.29, 1.82) is 0 Å². The lowest BCUT2D eigenvalue weighted by molar-refractivity contribution is -0.286. The monoisotopic (exact) mass is 268 g/mol. The van der Waals surface area contributed by atoms with Crippen LogP contribution in [0, 0.1) is 5.92 Å². The highest BCUT2D eigenvalue weighted by molar-refractivity contribution is 5.94. The Morgan fingerprint density at radius 3 is 2.42 bits per heavy atom. The van der Waals surface area contributed by atoms with Crippen LogP contribution >= 0.6 is 0 Å². The average molecular weight is 268 g/mol. The van der Waals surface area contributed by atoms with E-state index < -0.39 is 11.7 Å². The molecule has 0 radical (unpaired) electrons. The number of halogens is 2. The molecule has 1 aliphatic heterocycles. The minimum atomic E-state index is -3.61. The Balaban J connectivity index is 1.95. The lowest BCUT2D eigenvalue weighted by atomic mass is 9.85. The van der Waals surface area contributed by atoms with Crippen LogP contribution in [-0.2, 0) is 10.2 Å². The fraction of sp³-hybridized carbons (Fsp3) is 0.500. The number of carbonyl (C=O) groups is 1. The van der Waals surface area contributed by atoms with E-state index in [0.717, 1.165) is 18.4 Å². The van der Waals surface area contributed by atoms with Gasteiger partial charge in [0.25, 0.3) is 0 Å². The zero-order valence-electron chi connectivity index (χ0n) is 10.7. The first kappa shape index (κ1) is 12.4. The van der Waals surface area contributed by atoms with Crippen molar-refractivity contribution in [2.75, 3.05) is 0 Å². The normalized spacial score (nSPS) is 21.5. The molecule has 1 aliphatic carbocycles.